The molecule has 0 fully saturated rings. The van der Waals surface area contributed by atoms with Crippen molar-refractivity contribution in [3.05, 3.63) is 68.4 Å². The fraction of sp³-hybridized carbons (Fsp3) is 0.231. The number of nitrogens with zero attached hydrogens (tertiary/aromatic N) is 3. The lowest BCUT2D eigenvalue weighted by molar-refractivity contribution is 0.102. The Hall–Kier alpha value is -4.80. The van der Waals surface area contributed by atoms with E-state index in [1.807, 2.05) is 19.1 Å². The lowest BCUT2D eigenvalue weighted by Gasteiger charge is -2.19. The van der Waals surface area contributed by atoms with Crippen LogP contribution < -0.4 is 36.5 Å². The molecule has 0 radical (unpaired) electrons. The van der Waals surface area contributed by atoms with Crippen LogP contribution in [0.4, 0.5) is 11.5 Å². The normalized spacial score (nSPS) is 10.9. The smallest absolute Gasteiger partial charge is 0.332 e. The van der Waals surface area contributed by atoms with Gasteiger partial charge in [0.1, 0.15) is 5.82 Å². The second-order valence-corrected chi connectivity index (χ2v) is 8.33. The Morgan fingerprint density at radius 2 is 1.59 bits per heavy atom. The Morgan fingerprint density at radius 1 is 0.973 bits per heavy atom. The van der Waals surface area contributed by atoms with Crippen LogP contribution in [0.25, 0.3) is 22.2 Å². The number of amides is 1. The molecular formula is C26H27N5O6. The van der Waals surface area contributed by atoms with Crippen LogP contribution in [-0.4, -0.2) is 41.4 Å². The summed E-state index contributed by atoms with van der Waals surface area (Å²) in [6.07, 6.45) is 0. The molecule has 3 N–H and O–H groups in total. The number of rotatable bonds is 6. The minimum Gasteiger partial charge on any atom is -0.493 e. The van der Waals surface area contributed by atoms with Gasteiger partial charge in [0.05, 0.1) is 32.3 Å². The maximum atomic E-state index is 13.7. The number of fused-ring (bicyclic) bond motifs is 1. The number of nitrogens with one attached hydrogen (secondary N) is 1. The third-order valence-corrected chi connectivity index (χ3v) is 6.19. The summed E-state index contributed by atoms with van der Waals surface area (Å²) in [6.45, 7) is 1.85. The molecule has 0 spiro atoms. The number of benzene rings is 2. The largest absolute Gasteiger partial charge is 0.493 e. The van der Waals surface area contributed by atoms with Gasteiger partial charge in [-0.25, -0.2) is 9.78 Å². The molecule has 0 aliphatic carbocycles. The Labute approximate surface area is 212 Å². The average Bonchev–Trinajstić information content (AvgIpc) is 2.90. The predicted molar refractivity (Wildman–Crippen MR) is 141 cm³/mol. The zero-order valence-electron chi connectivity index (χ0n) is 21.3. The maximum Gasteiger partial charge on any atom is 0.332 e. The first-order chi connectivity index (χ1) is 17.6. The third kappa shape index (κ3) is 4.14. The standard InChI is InChI=1S/C26H27N5O6/c1-13-9-7-8-10-15(13)28-24(32)19-18(14-11-16(35-4)21(37-6)17(12-14)36-5)20-23(29-22(19)27)30(2)26(34)31(3)25(20)33/h7-12H,1-6H3,(H2,27,29)(H,28,32). The number of ether oxygens (including phenoxy) is 3. The summed E-state index contributed by atoms with van der Waals surface area (Å²) in [5, 5.41) is 2.89. The van der Waals surface area contributed by atoms with Gasteiger partial charge >= 0.3 is 5.69 Å². The van der Waals surface area contributed by atoms with Crippen molar-refractivity contribution in [3.63, 3.8) is 0 Å². The van der Waals surface area contributed by atoms with Crippen molar-refractivity contribution in [2.24, 2.45) is 14.1 Å². The number of aromatic nitrogens is 3. The minimum absolute atomic E-state index is 0.0294. The molecule has 2 aromatic carbocycles. The molecule has 0 saturated carbocycles. The number of hydrogen-bond acceptors (Lipinski definition) is 8. The number of para-hydroxylation sites is 1. The summed E-state index contributed by atoms with van der Waals surface area (Å²) >= 11 is 0. The van der Waals surface area contributed by atoms with Gasteiger partial charge in [-0.15, -0.1) is 0 Å². The first-order valence-electron chi connectivity index (χ1n) is 11.2. The molecule has 0 bridgehead atoms. The van der Waals surface area contributed by atoms with Crippen LogP contribution in [0.2, 0.25) is 0 Å². The van der Waals surface area contributed by atoms with Crippen LogP contribution in [0.3, 0.4) is 0 Å². The number of pyridine rings is 1. The topological polar surface area (TPSA) is 140 Å². The van der Waals surface area contributed by atoms with Crippen LogP contribution in [-0.2, 0) is 14.1 Å². The molecule has 11 nitrogen and oxygen atoms in total. The lowest BCUT2D eigenvalue weighted by Crippen LogP contribution is -2.38. The highest BCUT2D eigenvalue weighted by Crippen LogP contribution is 2.43. The lowest BCUT2D eigenvalue weighted by atomic mass is 9.95. The number of hydrogen-bond donors (Lipinski definition) is 2. The Balaban J connectivity index is 2.16. The van der Waals surface area contributed by atoms with Gasteiger partial charge in [-0.05, 0) is 36.2 Å². The average molecular weight is 506 g/mol. The van der Waals surface area contributed by atoms with E-state index in [4.69, 9.17) is 19.9 Å². The highest BCUT2D eigenvalue weighted by Gasteiger charge is 2.27. The van der Waals surface area contributed by atoms with Gasteiger partial charge in [0.15, 0.2) is 17.1 Å². The van der Waals surface area contributed by atoms with E-state index in [0.717, 1.165) is 10.1 Å². The summed E-state index contributed by atoms with van der Waals surface area (Å²) in [4.78, 5) is 44.1. The molecule has 2 heterocycles. The van der Waals surface area contributed by atoms with Gasteiger partial charge in [0.25, 0.3) is 11.5 Å². The van der Waals surface area contributed by atoms with E-state index in [2.05, 4.69) is 10.3 Å². The van der Waals surface area contributed by atoms with E-state index in [1.54, 1.807) is 24.3 Å². The molecule has 2 aromatic heterocycles. The summed E-state index contributed by atoms with van der Waals surface area (Å²) in [5.41, 5.74) is 7.04. The van der Waals surface area contributed by atoms with E-state index >= 15 is 0 Å². The van der Waals surface area contributed by atoms with Crippen molar-refractivity contribution >= 4 is 28.4 Å². The zero-order chi connectivity index (χ0) is 27.0. The monoisotopic (exact) mass is 505 g/mol. The molecule has 4 aromatic rings. The van der Waals surface area contributed by atoms with Crippen LogP contribution in [0, 0.1) is 6.92 Å². The number of carbonyl (C=O) groups excluding carboxylic acids is 1. The van der Waals surface area contributed by atoms with Crippen LogP contribution >= 0.6 is 0 Å². The molecule has 0 saturated heterocycles. The van der Waals surface area contributed by atoms with E-state index in [9.17, 15) is 14.4 Å². The van der Waals surface area contributed by atoms with Crippen molar-refractivity contribution in [1.82, 2.24) is 14.1 Å². The van der Waals surface area contributed by atoms with Crippen molar-refractivity contribution in [3.8, 4) is 28.4 Å². The third-order valence-electron chi connectivity index (χ3n) is 6.19. The molecule has 0 atom stereocenters. The number of nitrogen functional groups attached to an aromatic ring is 1. The Morgan fingerprint density at radius 3 is 2.16 bits per heavy atom. The summed E-state index contributed by atoms with van der Waals surface area (Å²) in [5.74, 6) is 0.178. The zero-order valence-corrected chi connectivity index (χ0v) is 21.3. The van der Waals surface area contributed by atoms with Crippen molar-refractivity contribution < 1.29 is 19.0 Å². The molecule has 0 aliphatic heterocycles. The first kappa shape index (κ1) is 25.3. The summed E-state index contributed by atoms with van der Waals surface area (Å²) in [6, 6.07) is 10.4. The van der Waals surface area contributed by atoms with Crippen molar-refractivity contribution in [2.45, 2.75) is 6.92 Å². The Bertz CT molecular complexity index is 1650. The van der Waals surface area contributed by atoms with Crippen LogP contribution in [0.15, 0.2) is 46.0 Å². The highest BCUT2D eigenvalue weighted by molar-refractivity contribution is 6.16. The molecule has 192 valence electrons. The Kier molecular flexibility index (Phi) is 6.62. The number of aryl methyl sites for hydroxylation is 2. The quantitative estimate of drug-likeness (QED) is 0.407. The summed E-state index contributed by atoms with van der Waals surface area (Å²) in [7, 11) is 7.20. The minimum atomic E-state index is -0.640. The van der Waals surface area contributed by atoms with Gasteiger partial charge in [-0.3, -0.25) is 18.7 Å². The van der Waals surface area contributed by atoms with E-state index in [1.165, 1.54) is 40.0 Å². The van der Waals surface area contributed by atoms with Gasteiger partial charge in [0, 0.05) is 25.3 Å². The van der Waals surface area contributed by atoms with Gasteiger partial charge in [0.2, 0.25) is 5.75 Å². The molecule has 37 heavy (non-hydrogen) atoms. The second-order valence-electron chi connectivity index (χ2n) is 8.33. The predicted octanol–water partition coefficient (Wildman–Crippen LogP) is 2.47. The van der Waals surface area contributed by atoms with Crippen molar-refractivity contribution in [2.75, 3.05) is 32.4 Å². The fourth-order valence-corrected chi connectivity index (χ4v) is 4.25. The molecule has 11 heteroatoms. The molecule has 0 unspecified atom stereocenters. The first-order valence-corrected chi connectivity index (χ1v) is 11.2. The molecular weight excluding hydrogens is 478 g/mol. The molecule has 1 amide bonds. The van der Waals surface area contributed by atoms with Crippen LogP contribution in [0.5, 0.6) is 17.2 Å². The highest BCUT2D eigenvalue weighted by atomic mass is 16.5. The van der Waals surface area contributed by atoms with E-state index < -0.39 is 17.2 Å². The van der Waals surface area contributed by atoms with Gasteiger partial charge in [-0.2, -0.15) is 0 Å². The van der Waals surface area contributed by atoms with Crippen LogP contribution in [0.1, 0.15) is 15.9 Å². The van der Waals surface area contributed by atoms with E-state index in [-0.39, 0.29) is 28.0 Å². The number of anilines is 2. The SMILES string of the molecule is COc1cc(-c2c(C(=O)Nc3ccccc3C)c(N)nc3c2c(=O)n(C)c(=O)n3C)cc(OC)c1OC. The van der Waals surface area contributed by atoms with E-state index in [0.29, 0.717) is 28.5 Å². The molecule has 0 aliphatic rings. The molecule has 4 rings (SSSR count). The number of nitrogens with two attached hydrogens (primary N) is 1. The number of carbonyl (C=O) groups is 1. The second kappa shape index (κ2) is 9.69. The van der Waals surface area contributed by atoms with Gasteiger partial charge < -0.3 is 25.3 Å². The fourth-order valence-electron chi connectivity index (χ4n) is 4.25. The summed E-state index contributed by atoms with van der Waals surface area (Å²) < 4.78 is 18.6. The van der Waals surface area contributed by atoms with Gasteiger partial charge in [-0.1, -0.05) is 18.2 Å². The maximum absolute atomic E-state index is 13.7. The number of methoxy groups -OCH3 is 3. The van der Waals surface area contributed by atoms with Crippen molar-refractivity contribution in [1.29, 1.82) is 0 Å².